The molecule has 1 heterocycles. The standard InChI is InChI=1S/C12H15ClN2/c1-2-11-9-14-6-7-15(11)12-5-3-4-10(13)8-12/h2-5,8,11,14H,1,6-7,9H2/t11-/m1/s1. The second kappa shape index (κ2) is 4.69. The minimum absolute atomic E-state index is 0.359. The van der Waals surface area contributed by atoms with Gasteiger partial charge in [-0.05, 0) is 18.2 Å². The fourth-order valence-electron chi connectivity index (χ4n) is 1.91. The number of nitrogens with zero attached hydrogens (tertiary/aromatic N) is 1. The fraction of sp³-hybridized carbons (Fsp3) is 0.333. The van der Waals surface area contributed by atoms with E-state index in [4.69, 9.17) is 11.6 Å². The number of nitrogens with one attached hydrogen (secondary N) is 1. The third-order valence-corrected chi connectivity index (χ3v) is 2.93. The molecule has 0 aromatic heterocycles. The van der Waals surface area contributed by atoms with Crippen LogP contribution in [0.5, 0.6) is 0 Å². The molecule has 1 aliphatic rings. The van der Waals surface area contributed by atoms with Crippen molar-refractivity contribution in [3.8, 4) is 0 Å². The Kier molecular flexibility index (Phi) is 3.29. The molecular weight excluding hydrogens is 208 g/mol. The van der Waals surface area contributed by atoms with Crippen molar-refractivity contribution in [2.75, 3.05) is 24.5 Å². The van der Waals surface area contributed by atoms with Gasteiger partial charge in [-0.2, -0.15) is 0 Å². The first-order valence-electron chi connectivity index (χ1n) is 5.17. The summed E-state index contributed by atoms with van der Waals surface area (Å²) in [7, 11) is 0. The molecule has 0 spiro atoms. The van der Waals surface area contributed by atoms with Gasteiger partial charge in [0.15, 0.2) is 0 Å². The Labute approximate surface area is 95.5 Å². The number of anilines is 1. The van der Waals surface area contributed by atoms with Crippen LogP contribution in [-0.4, -0.2) is 25.7 Å². The highest BCUT2D eigenvalue weighted by Crippen LogP contribution is 2.22. The van der Waals surface area contributed by atoms with Crippen molar-refractivity contribution in [3.05, 3.63) is 41.9 Å². The van der Waals surface area contributed by atoms with Gasteiger partial charge in [0.05, 0.1) is 6.04 Å². The van der Waals surface area contributed by atoms with E-state index in [0.717, 1.165) is 24.7 Å². The van der Waals surface area contributed by atoms with Gasteiger partial charge in [0.2, 0.25) is 0 Å². The molecule has 1 aromatic rings. The summed E-state index contributed by atoms with van der Waals surface area (Å²) < 4.78 is 0. The summed E-state index contributed by atoms with van der Waals surface area (Å²) in [4.78, 5) is 2.33. The number of rotatable bonds is 2. The van der Waals surface area contributed by atoms with Gasteiger partial charge in [0, 0.05) is 30.3 Å². The first-order valence-corrected chi connectivity index (χ1v) is 5.54. The molecule has 15 heavy (non-hydrogen) atoms. The van der Waals surface area contributed by atoms with Crippen molar-refractivity contribution in [3.63, 3.8) is 0 Å². The smallest absolute Gasteiger partial charge is 0.0595 e. The Morgan fingerprint density at radius 2 is 2.40 bits per heavy atom. The maximum absolute atomic E-state index is 5.99. The van der Waals surface area contributed by atoms with Gasteiger partial charge in [-0.15, -0.1) is 6.58 Å². The third kappa shape index (κ3) is 2.33. The number of hydrogen-bond donors (Lipinski definition) is 1. The van der Waals surface area contributed by atoms with Crippen molar-refractivity contribution in [2.24, 2.45) is 0 Å². The Bertz CT molecular complexity index is 351. The quantitative estimate of drug-likeness (QED) is 0.773. The number of halogens is 1. The molecule has 2 nitrogen and oxygen atoms in total. The molecule has 0 aliphatic carbocycles. The van der Waals surface area contributed by atoms with E-state index in [1.54, 1.807) is 0 Å². The highest BCUT2D eigenvalue weighted by Gasteiger charge is 2.19. The SMILES string of the molecule is C=C[C@@H]1CNCCN1c1cccc(Cl)c1. The molecule has 1 saturated heterocycles. The molecule has 0 bridgehead atoms. The van der Waals surface area contributed by atoms with Crippen molar-refractivity contribution >= 4 is 17.3 Å². The maximum Gasteiger partial charge on any atom is 0.0595 e. The molecule has 80 valence electrons. The van der Waals surface area contributed by atoms with Crippen molar-refractivity contribution in [2.45, 2.75) is 6.04 Å². The lowest BCUT2D eigenvalue weighted by molar-refractivity contribution is 0.530. The second-order valence-corrected chi connectivity index (χ2v) is 4.12. The summed E-state index contributed by atoms with van der Waals surface area (Å²) >= 11 is 5.99. The first-order chi connectivity index (χ1) is 7.31. The van der Waals surface area contributed by atoms with E-state index in [9.17, 15) is 0 Å². The van der Waals surface area contributed by atoms with Crippen LogP contribution >= 0.6 is 11.6 Å². The van der Waals surface area contributed by atoms with Crippen molar-refractivity contribution < 1.29 is 0 Å². The maximum atomic E-state index is 5.99. The van der Waals surface area contributed by atoms with E-state index in [0.29, 0.717) is 6.04 Å². The number of piperazine rings is 1. The summed E-state index contributed by atoms with van der Waals surface area (Å²) in [5, 5.41) is 4.14. The van der Waals surface area contributed by atoms with E-state index in [2.05, 4.69) is 22.9 Å². The van der Waals surface area contributed by atoms with Gasteiger partial charge in [0.25, 0.3) is 0 Å². The van der Waals surface area contributed by atoms with E-state index in [-0.39, 0.29) is 0 Å². The molecule has 2 rings (SSSR count). The molecule has 3 heteroatoms. The van der Waals surface area contributed by atoms with Crippen LogP contribution in [0.4, 0.5) is 5.69 Å². The summed E-state index contributed by atoms with van der Waals surface area (Å²) in [5.41, 5.74) is 1.17. The zero-order valence-corrected chi connectivity index (χ0v) is 9.37. The van der Waals surface area contributed by atoms with Crippen molar-refractivity contribution in [1.29, 1.82) is 0 Å². The highest BCUT2D eigenvalue weighted by molar-refractivity contribution is 6.30. The van der Waals surface area contributed by atoms with Crippen LogP contribution in [0.2, 0.25) is 5.02 Å². The molecular formula is C12H15ClN2. The Hall–Kier alpha value is -0.990. The zero-order valence-electron chi connectivity index (χ0n) is 8.62. The van der Waals surface area contributed by atoms with Gasteiger partial charge in [-0.25, -0.2) is 0 Å². The topological polar surface area (TPSA) is 15.3 Å². The van der Waals surface area contributed by atoms with Gasteiger partial charge >= 0.3 is 0 Å². The van der Waals surface area contributed by atoms with E-state index in [1.165, 1.54) is 5.69 Å². The molecule has 0 unspecified atom stereocenters. The van der Waals surface area contributed by atoms with E-state index >= 15 is 0 Å². The number of benzene rings is 1. The van der Waals surface area contributed by atoms with Crippen LogP contribution in [0, 0.1) is 0 Å². The summed E-state index contributed by atoms with van der Waals surface area (Å²) in [5.74, 6) is 0. The molecule has 1 aromatic carbocycles. The molecule has 0 amide bonds. The van der Waals surface area contributed by atoms with E-state index in [1.807, 2.05) is 24.3 Å². The largest absolute Gasteiger partial charge is 0.363 e. The minimum Gasteiger partial charge on any atom is -0.363 e. The van der Waals surface area contributed by atoms with Gasteiger partial charge < -0.3 is 10.2 Å². The lowest BCUT2D eigenvalue weighted by Gasteiger charge is -2.36. The Morgan fingerprint density at radius 1 is 1.53 bits per heavy atom. The monoisotopic (exact) mass is 222 g/mol. The zero-order chi connectivity index (χ0) is 10.7. The molecule has 1 fully saturated rings. The summed E-state index contributed by atoms with van der Waals surface area (Å²) in [6.45, 7) is 6.83. The molecule has 0 saturated carbocycles. The molecule has 1 N–H and O–H groups in total. The van der Waals surface area contributed by atoms with Crippen LogP contribution in [0.25, 0.3) is 0 Å². The first kappa shape index (κ1) is 10.5. The molecule has 1 aliphatic heterocycles. The normalized spacial score (nSPS) is 21.4. The Balaban J connectivity index is 2.23. The minimum atomic E-state index is 0.359. The van der Waals surface area contributed by atoms with E-state index < -0.39 is 0 Å². The van der Waals surface area contributed by atoms with Crippen LogP contribution in [0.1, 0.15) is 0 Å². The average Bonchev–Trinajstić information content (AvgIpc) is 2.29. The molecule has 1 atom stereocenters. The van der Waals surface area contributed by atoms with Crippen LogP contribution in [0.3, 0.4) is 0 Å². The van der Waals surface area contributed by atoms with Crippen LogP contribution in [-0.2, 0) is 0 Å². The van der Waals surface area contributed by atoms with Gasteiger partial charge in [-0.3, -0.25) is 0 Å². The molecule has 0 radical (unpaired) electrons. The van der Waals surface area contributed by atoms with Crippen LogP contribution in [0.15, 0.2) is 36.9 Å². The summed E-state index contributed by atoms with van der Waals surface area (Å²) in [6.07, 6.45) is 1.98. The fourth-order valence-corrected chi connectivity index (χ4v) is 2.10. The summed E-state index contributed by atoms with van der Waals surface area (Å²) in [6, 6.07) is 8.34. The lowest BCUT2D eigenvalue weighted by atomic mass is 10.1. The van der Waals surface area contributed by atoms with Crippen LogP contribution < -0.4 is 10.2 Å². The Morgan fingerprint density at radius 3 is 3.13 bits per heavy atom. The van der Waals surface area contributed by atoms with Gasteiger partial charge in [0.1, 0.15) is 0 Å². The average molecular weight is 223 g/mol. The number of hydrogen-bond acceptors (Lipinski definition) is 2. The second-order valence-electron chi connectivity index (χ2n) is 3.68. The predicted octanol–water partition coefficient (Wildman–Crippen LogP) is 2.30. The van der Waals surface area contributed by atoms with Crippen molar-refractivity contribution in [1.82, 2.24) is 5.32 Å². The predicted molar refractivity (Wildman–Crippen MR) is 65.7 cm³/mol. The van der Waals surface area contributed by atoms with Gasteiger partial charge in [-0.1, -0.05) is 23.7 Å². The third-order valence-electron chi connectivity index (χ3n) is 2.70. The lowest BCUT2D eigenvalue weighted by Crippen LogP contribution is -2.50. The highest BCUT2D eigenvalue weighted by atomic mass is 35.5.